The van der Waals surface area contributed by atoms with Gasteiger partial charge in [-0.1, -0.05) is 31.5 Å². The minimum Gasteiger partial charge on any atom is -0.340 e. The molecule has 1 aromatic carbocycles. The molecule has 0 saturated carbocycles. The quantitative estimate of drug-likeness (QED) is 0.556. The second-order valence-corrected chi connectivity index (χ2v) is 4.54. The smallest absolute Gasteiger partial charge is 0.266 e. The van der Waals surface area contributed by atoms with Crippen molar-refractivity contribution < 1.29 is 14.8 Å². The number of hydrogen-bond donors (Lipinski definition) is 3. The Morgan fingerprint density at radius 2 is 1.72 bits per heavy atom. The average molecular weight is 250 g/mol. The Morgan fingerprint density at radius 1 is 1.17 bits per heavy atom. The zero-order valence-corrected chi connectivity index (χ0v) is 10.7. The lowest BCUT2D eigenvalue weighted by molar-refractivity contribution is -0.132. The van der Waals surface area contributed by atoms with E-state index in [-0.39, 0.29) is 11.8 Å². The lowest BCUT2D eigenvalue weighted by Crippen LogP contribution is -2.48. The molecule has 5 nitrogen and oxygen atoms in total. The summed E-state index contributed by atoms with van der Waals surface area (Å²) in [6.45, 7) is 5.50. The van der Waals surface area contributed by atoms with Crippen LogP contribution >= 0.6 is 0 Å². The number of nitrogens with one attached hydrogen (secondary N) is 2. The maximum Gasteiger partial charge on any atom is 0.266 e. The van der Waals surface area contributed by atoms with Crippen LogP contribution in [0.4, 0.5) is 0 Å². The summed E-state index contributed by atoms with van der Waals surface area (Å²) < 4.78 is 0. The minimum atomic E-state index is -0.760. The molecule has 0 heterocycles. The second kappa shape index (κ2) is 6.16. The number of carbonyl (C=O) groups excluding carboxylic acids is 2. The van der Waals surface area contributed by atoms with Crippen LogP contribution in [0, 0.1) is 12.8 Å². The van der Waals surface area contributed by atoms with Gasteiger partial charge in [-0.2, -0.15) is 0 Å². The fraction of sp³-hybridized carbons (Fsp3) is 0.385. The molecule has 5 heteroatoms. The summed E-state index contributed by atoms with van der Waals surface area (Å²) in [5, 5.41) is 11.2. The molecule has 0 aliphatic carbocycles. The number of amides is 2. The number of hydroxylamine groups is 1. The lowest BCUT2D eigenvalue weighted by atomic mass is 10.0. The van der Waals surface area contributed by atoms with E-state index in [1.165, 1.54) is 0 Å². The van der Waals surface area contributed by atoms with Crippen molar-refractivity contribution in [3.63, 3.8) is 0 Å². The zero-order chi connectivity index (χ0) is 13.7. The van der Waals surface area contributed by atoms with E-state index in [0.29, 0.717) is 5.56 Å². The van der Waals surface area contributed by atoms with Crippen LogP contribution in [0.25, 0.3) is 0 Å². The van der Waals surface area contributed by atoms with Gasteiger partial charge < -0.3 is 5.32 Å². The number of rotatable bonds is 4. The molecule has 2 amide bonds. The summed E-state index contributed by atoms with van der Waals surface area (Å²) in [6, 6.07) is 6.28. The van der Waals surface area contributed by atoms with Gasteiger partial charge in [0.1, 0.15) is 6.04 Å². The normalized spacial score (nSPS) is 12.1. The number of carbonyl (C=O) groups is 2. The van der Waals surface area contributed by atoms with Crippen LogP contribution < -0.4 is 10.8 Å². The Morgan fingerprint density at radius 3 is 2.17 bits per heavy atom. The number of hydrogen-bond acceptors (Lipinski definition) is 3. The molecule has 0 spiro atoms. The first-order valence-electron chi connectivity index (χ1n) is 5.77. The van der Waals surface area contributed by atoms with Crippen molar-refractivity contribution >= 4 is 11.8 Å². The van der Waals surface area contributed by atoms with E-state index < -0.39 is 11.9 Å². The van der Waals surface area contributed by atoms with Gasteiger partial charge in [0.2, 0.25) is 0 Å². The van der Waals surface area contributed by atoms with Gasteiger partial charge in [-0.3, -0.25) is 14.8 Å². The van der Waals surface area contributed by atoms with Crippen LogP contribution in [0.3, 0.4) is 0 Å². The van der Waals surface area contributed by atoms with E-state index in [1.54, 1.807) is 31.5 Å². The van der Waals surface area contributed by atoms with Crippen molar-refractivity contribution in [2.24, 2.45) is 5.92 Å². The first-order valence-corrected chi connectivity index (χ1v) is 5.77. The molecule has 1 atom stereocenters. The third-order valence-corrected chi connectivity index (χ3v) is 2.66. The summed E-state index contributed by atoms with van der Waals surface area (Å²) in [5.74, 6) is -1.07. The van der Waals surface area contributed by atoms with Gasteiger partial charge in [0.25, 0.3) is 11.8 Å². The highest BCUT2D eigenvalue weighted by Crippen LogP contribution is 2.06. The van der Waals surface area contributed by atoms with Crippen LogP contribution in [0.1, 0.15) is 29.8 Å². The van der Waals surface area contributed by atoms with Gasteiger partial charge in [-0.25, -0.2) is 5.48 Å². The molecule has 1 rings (SSSR count). The molecule has 0 saturated heterocycles. The Balaban J connectivity index is 2.78. The standard InChI is InChI=1S/C13H18N2O3/c1-8(2)11(13(17)15-18)14-12(16)10-6-4-9(3)5-7-10/h4-8,11,18H,1-3H3,(H,14,16)(H,15,17)/t11-/m0/s1. The summed E-state index contributed by atoms with van der Waals surface area (Å²) in [4.78, 5) is 23.3. The van der Waals surface area contributed by atoms with Crippen molar-refractivity contribution in [2.75, 3.05) is 0 Å². The molecule has 0 unspecified atom stereocenters. The molecular formula is C13H18N2O3. The van der Waals surface area contributed by atoms with Crippen molar-refractivity contribution in [1.29, 1.82) is 0 Å². The molecule has 0 aliphatic heterocycles. The van der Waals surface area contributed by atoms with Gasteiger partial charge in [0, 0.05) is 5.56 Å². The van der Waals surface area contributed by atoms with E-state index >= 15 is 0 Å². The summed E-state index contributed by atoms with van der Waals surface area (Å²) in [5.41, 5.74) is 3.10. The Bertz CT molecular complexity index is 426. The third-order valence-electron chi connectivity index (χ3n) is 2.66. The minimum absolute atomic E-state index is 0.119. The lowest BCUT2D eigenvalue weighted by Gasteiger charge is -2.20. The van der Waals surface area contributed by atoms with Crippen LogP contribution in [-0.4, -0.2) is 23.1 Å². The number of aryl methyl sites for hydroxylation is 1. The van der Waals surface area contributed by atoms with Gasteiger partial charge in [-0.15, -0.1) is 0 Å². The first-order chi connectivity index (χ1) is 8.45. The molecule has 0 aromatic heterocycles. The Hall–Kier alpha value is -1.88. The number of benzene rings is 1. The third kappa shape index (κ3) is 3.56. The highest BCUT2D eigenvalue weighted by atomic mass is 16.5. The van der Waals surface area contributed by atoms with Crippen molar-refractivity contribution in [1.82, 2.24) is 10.8 Å². The average Bonchev–Trinajstić information content (AvgIpc) is 2.35. The largest absolute Gasteiger partial charge is 0.340 e. The Kier molecular flexibility index (Phi) is 4.85. The van der Waals surface area contributed by atoms with Crippen molar-refractivity contribution in [2.45, 2.75) is 26.8 Å². The zero-order valence-electron chi connectivity index (χ0n) is 10.7. The predicted octanol–water partition coefficient (Wildman–Crippen LogP) is 1.25. The van der Waals surface area contributed by atoms with E-state index in [0.717, 1.165) is 5.56 Å². The van der Waals surface area contributed by atoms with Crippen LogP contribution in [0.15, 0.2) is 24.3 Å². The Labute approximate surface area is 106 Å². The monoisotopic (exact) mass is 250 g/mol. The maximum atomic E-state index is 11.9. The van der Waals surface area contributed by atoms with E-state index in [4.69, 9.17) is 5.21 Å². The van der Waals surface area contributed by atoms with Crippen molar-refractivity contribution in [3.05, 3.63) is 35.4 Å². The molecular weight excluding hydrogens is 232 g/mol. The molecule has 0 radical (unpaired) electrons. The highest BCUT2D eigenvalue weighted by molar-refractivity contribution is 5.97. The highest BCUT2D eigenvalue weighted by Gasteiger charge is 2.24. The predicted molar refractivity (Wildman–Crippen MR) is 67.2 cm³/mol. The van der Waals surface area contributed by atoms with Gasteiger partial charge in [-0.05, 0) is 25.0 Å². The van der Waals surface area contributed by atoms with Gasteiger partial charge in [0.15, 0.2) is 0 Å². The molecule has 0 aliphatic rings. The summed E-state index contributed by atoms with van der Waals surface area (Å²) >= 11 is 0. The molecule has 0 bridgehead atoms. The van der Waals surface area contributed by atoms with Crippen molar-refractivity contribution in [3.8, 4) is 0 Å². The summed E-state index contributed by atoms with van der Waals surface area (Å²) in [6.07, 6.45) is 0. The maximum absolute atomic E-state index is 11.9. The van der Waals surface area contributed by atoms with E-state index in [1.807, 2.05) is 19.1 Å². The second-order valence-electron chi connectivity index (χ2n) is 4.54. The molecule has 1 aromatic rings. The fourth-order valence-electron chi connectivity index (χ4n) is 1.53. The fourth-order valence-corrected chi connectivity index (χ4v) is 1.53. The molecule has 18 heavy (non-hydrogen) atoms. The van der Waals surface area contributed by atoms with E-state index in [2.05, 4.69) is 5.32 Å². The topological polar surface area (TPSA) is 78.4 Å². The molecule has 3 N–H and O–H groups in total. The van der Waals surface area contributed by atoms with Crippen LogP contribution in [0.2, 0.25) is 0 Å². The van der Waals surface area contributed by atoms with Gasteiger partial charge in [0.05, 0.1) is 0 Å². The molecule has 98 valence electrons. The van der Waals surface area contributed by atoms with Crippen LogP contribution in [0.5, 0.6) is 0 Å². The first kappa shape index (κ1) is 14.2. The SMILES string of the molecule is Cc1ccc(C(=O)N[C@H](C(=O)NO)C(C)C)cc1. The van der Waals surface area contributed by atoms with E-state index in [9.17, 15) is 9.59 Å². The molecule has 0 fully saturated rings. The van der Waals surface area contributed by atoms with Gasteiger partial charge >= 0.3 is 0 Å². The van der Waals surface area contributed by atoms with Crippen LogP contribution in [-0.2, 0) is 4.79 Å². The summed E-state index contributed by atoms with van der Waals surface area (Å²) in [7, 11) is 0.